The molecule has 2 aliphatic heterocycles. The summed E-state index contributed by atoms with van der Waals surface area (Å²) in [4.78, 5) is 6.93. The first kappa shape index (κ1) is 14.7. The normalized spacial score (nSPS) is 28.1. The summed E-state index contributed by atoms with van der Waals surface area (Å²) in [5.41, 5.74) is 4.17. The van der Waals surface area contributed by atoms with E-state index in [1.165, 1.54) is 29.5 Å². The lowest BCUT2D eigenvalue weighted by Crippen LogP contribution is -2.31. The number of hydrogen-bond donors (Lipinski definition) is 1. The highest BCUT2D eigenvalue weighted by atomic mass is 15.1. The number of rotatable bonds is 4. The van der Waals surface area contributed by atoms with Gasteiger partial charge in [-0.3, -0.25) is 4.99 Å². The molecule has 1 unspecified atom stereocenters. The van der Waals surface area contributed by atoms with Gasteiger partial charge in [-0.2, -0.15) is 0 Å². The minimum absolute atomic E-state index is 0.357. The van der Waals surface area contributed by atoms with Crippen LogP contribution in [0.4, 0.5) is 0 Å². The van der Waals surface area contributed by atoms with Crippen LogP contribution >= 0.6 is 0 Å². The van der Waals surface area contributed by atoms with Crippen LogP contribution in [-0.4, -0.2) is 38.3 Å². The lowest BCUT2D eigenvalue weighted by atomic mass is 9.90. The smallest absolute Gasteiger partial charge is 0.0767 e. The topological polar surface area (TPSA) is 27.6 Å². The van der Waals surface area contributed by atoms with Crippen molar-refractivity contribution in [2.24, 2.45) is 10.9 Å². The van der Waals surface area contributed by atoms with Crippen LogP contribution in [0.1, 0.15) is 55.0 Å². The first-order valence-electron chi connectivity index (χ1n) is 8.18. The van der Waals surface area contributed by atoms with E-state index in [0.29, 0.717) is 12.1 Å². The molecule has 1 aromatic rings. The number of piperidine rings is 1. The van der Waals surface area contributed by atoms with Gasteiger partial charge in [0.15, 0.2) is 0 Å². The summed E-state index contributed by atoms with van der Waals surface area (Å²) in [6.45, 7) is 4.56. The molecular formula is C18H27N3. The van der Waals surface area contributed by atoms with E-state index in [1.807, 2.05) is 0 Å². The van der Waals surface area contributed by atoms with E-state index in [2.05, 4.69) is 55.6 Å². The highest BCUT2D eigenvalue weighted by molar-refractivity contribution is 5.85. The second-order valence-electron chi connectivity index (χ2n) is 6.92. The molecule has 1 saturated heterocycles. The standard InChI is InChI=1S/C18H27N3/c1-13-4-7-17(19-11-13)14-5-6-16-15(10-14)12-20-18(16)8-9-21(2)3/h5-6,10,12-13,17-19H,4,7-9,11H2,1-3H3/t13-,17+,18?/m1/s1. The predicted molar refractivity (Wildman–Crippen MR) is 89.1 cm³/mol. The molecule has 114 valence electrons. The fourth-order valence-corrected chi connectivity index (χ4v) is 3.37. The van der Waals surface area contributed by atoms with Crippen LogP contribution in [0, 0.1) is 5.92 Å². The molecule has 0 radical (unpaired) electrons. The second-order valence-corrected chi connectivity index (χ2v) is 6.92. The van der Waals surface area contributed by atoms with E-state index in [1.54, 1.807) is 0 Å². The summed E-state index contributed by atoms with van der Waals surface area (Å²) in [7, 11) is 4.25. The zero-order valence-electron chi connectivity index (χ0n) is 13.5. The van der Waals surface area contributed by atoms with E-state index < -0.39 is 0 Å². The van der Waals surface area contributed by atoms with Crippen LogP contribution in [0.15, 0.2) is 23.2 Å². The van der Waals surface area contributed by atoms with Crippen molar-refractivity contribution in [3.05, 3.63) is 34.9 Å². The Morgan fingerprint density at radius 3 is 2.86 bits per heavy atom. The van der Waals surface area contributed by atoms with E-state index in [9.17, 15) is 0 Å². The Balaban J connectivity index is 1.70. The molecule has 3 rings (SSSR count). The molecule has 21 heavy (non-hydrogen) atoms. The number of aliphatic imine (C=N–C) groups is 1. The van der Waals surface area contributed by atoms with Crippen LogP contribution in [0.3, 0.4) is 0 Å². The minimum Gasteiger partial charge on any atom is -0.310 e. The highest BCUT2D eigenvalue weighted by Crippen LogP contribution is 2.33. The van der Waals surface area contributed by atoms with Crippen molar-refractivity contribution in [3.63, 3.8) is 0 Å². The molecule has 0 aliphatic carbocycles. The van der Waals surface area contributed by atoms with Gasteiger partial charge in [-0.1, -0.05) is 19.1 Å². The molecule has 0 amide bonds. The molecule has 1 aromatic carbocycles. The number of hydrogen-bond acceptors (Lipinski definition) is 3. The summed E-state index contributed by atoms with van der Waals surface area (Å²) >= 11 is 0. The third-order valence-corrected chi connectivity index (χ3v) is 4.78. The number of nitrogens with zero attached hydrogens (tertiary/aromatic N) is 2. The highest BCUT2D eigenvalue weighted by Gasteiger charge is 2.23. The lowest BCUT2D eigenvalue weighted by molar-refractivity contribution is 0.333. The van der Waals surface area contributed by atoms with Crippen molar-refractivity contribution in [1.29, 1.82) is 0 Å². The third kappa shape index (κ3) is 3.35. The van der Waals surface area contributed by atoms with Crippen molar-refractivity contribution in [3.8, 4) is 0 Å². The quantitative estimate of drug-likeness (QED) is 0.920. The second kappa shape index (κ2) is 6.29. The minimum atomic E-state index is 0.357. The molecule has 2 aliphatic rings. The van der Waals surface area contributed by atoms with Crippen LogP contribution < -0.4 is 5.32 Å². The largest absolute Gasteiger partial charge is 0.310 e. The average molecular weight is 285 g/mol. The van der Waals surface area contributed by atoms with Crippen molar-refractivity contribution in [1.82, 2.24) is 10.2 Å². The Bertz CT molecular complexity index is 513. The maximum absolute atomic E-state index is 4.70. The molecular weight excluding hydrogens is 258 g/mol. The SMILES string of the molecule is C[C@@H]1CC[C@@H](c2ccc3c(c2)C=NC3CCN(C)C)NC1. The van der Waals surface area contributed by atoms with Gasteiger partial charge >= 0.3 is 0 Å². The Hall–Kier alpha value is -1.19. The van der Waals surface area contributed by atoms with E-state index in [-0.39, 0.29) is 0 Å². The molecule has 3 heteroatoms. The molecule has 1 N–H and O–H groups in total. The summed E-state index contributed by atoms with van der Waals surface area (Å²) in [5, 5.41) is 3.68. The zero-order valence-corrected chi connectivity index (χ0v) is 13.5. The molecule has 0 aromatic heterocycles. The Morgan fingerprint density at radius 1 is 1.29 bits per heavy atom. The van der Waals surface area contributed by atoms with Gasteiger partial charge in [0.05, 0.1) is 6.04 Å². The molecule has 3 atom stereocenters. The van der Waals surface area contributed by atoms with Crippen molar-refractivity contribution in [2.75, 3.05) is 27.2 Å². The monoisotopic (exact) mass is 285 g/mol. The Labute approximate surface area is 128 Å². The fourth-order valence-electron chi connectivity index (χ4n) is 3.37. The Kier molecular flexibility index (Phi) is 4.41. The van der Waals surface area contributed by atoms with Crippen molar-refractivity contribution < 1.29 is 0 Å². The van der Waals surface area contributed by atoms with Gasteiger partial charge in [-0.15, -0.1) is 0 Å². The van der Waals surface area contributed by atoms with E-state index in [0.717, 1.165) is 25.4 Å². The molecule has 0 bridgehead atoms. The molecule has 1 fully saturated rings. The van der Waals surface area contributed by atoms with E-state index in [4.69, 9.17) is 4.99 Å². The third-order valence-electron chi connectivity index (χ3n) is 4.78. The number of benzene rings is 1. The van der Waals surface area contributed by atoms with Crippen LogP contribution in [0.2, 0.25) is 0 Å². The molecule has 0 saturated carbocycles. The van der Waals surface area contributed by atoms with Crippen molar-refractivity contribution >= 4 is 6.21 Å². The van der Waals surface area contributed by atoms with Crippen LogP contribution in [-0.2, 0) is 0 Å². The van der Waals surface area contributed by atoms with Gasteiger partial charge in [-0.25, -0.2) is 0 Å². The van der Waals surface area contributed by atoms with Gasteiger partial charge < -0.3 is 10.2 Å². The molecule has 3 nitrogen and oxygen atoms in total. The van der Waals surface area contributed by atoms with Gasteiger partial charge in [0, 0.05) is 12.3 Å². The van der Waals surface area contributed by atoms with Gasteiger partial charge in [0.25, 0.3) is 0 Å². The van der Waals surface area contributed by atoms with Gasteiger partial charge in [-0.05, 0) is 75.1 Å². The van der Waals surface area contributed by atoms with Gasteiger partial charge in [0.2, 0.25) is 0 Å². The van der Waals surface area contributed by atoms with Crippen molar-refractivity contribution in [2.45, 2.75) is 38.3 Å². The molecule has 2 heterocycles. The van der Waals surface area contributed by atoms with Gasteiger partial charge in [0.1, 0.15) is 0 Å². The summed E-state index contributed by atoms with van der Waals surface area (Å²) < 4.78 is 0. The number of nitrogens with one attached hydrogen (secondary N) is 1. The van der Waals surface area contributed by atoms with E-state index >= 15 is 0 Å². The maximum Gasteiger partial charge on any atom is 0.0767 e. The first-order chi connectivity index (χ1) is 10.1. The fraction of sp³-hybridized carbons (Fsp3) is 0.611. The van der Waals surface area contributed by atoms with Crippen LogP contribution in [0.25, 0.3) is 0 Å². The molecule has 0 spiro atoms. The predicted octanol–water partition coefficient (Wildman–Crippen LogP) is 3.17. The maximum atomic E-state index is 4.70. The lowest BCUT2D eigenvalue weighted by Gasteiger charge is -2.28. The first-order valence-corrected chi connectivity index (χ1v) is 8.18. The Morgan fingerprint density at radius 2 is 2.14 bits per heavy atom. The summed E-state index contributed by atoms with van der Waals surface area (Å²) in [6, 6.07) is 7.85. The summed E-state index contributed by atoms with van der Waals surface area (Å²) in [5.74, 6) is 0.813. The average Bonchev–Trinajstić information content (AvgIpc) is 2.88. The summed E-state index contributed by atoms with van der Waals surface area (Å²) in [6.07, 6.45) is 5.76. The zero-order chi connectivity index (χ0) is 14.8. The number of fused-ring (bicyclic) bond motifs is 1. The van der Waals surface area contributed by atoms with Crippen LogP contribution in [0.5, 0.6) is 0 Å².